The lowest BCUT2D eigenvalue weighted by Crippen LogP contribution is -2.31. The van der Waals surface area contributed by atoms with Gasteiger partial charge in [-0.3, -0.25) is 9.69 Å². The maximum absolute atomic E-state index is 12.5. The number of thiophene rings is 1. The van der Waals surface area contributed by atoms with Gasteiger partial charge in [-0.2, -0.15) is 0 Å². The van der Waals surface area contributed by atoms with Crippen molar-refractivity contribution in [1.82, 2.24) is 20.2 Å². The van der Waals surface area contributed by atoms with E-state index in [-0.39, 0.29) is 18.4 Å². The van der Waals surface area contributed by atoms with Crippen LogP contribution in [0.15, 0.2) is 22.8 Å². The van der Waals surface area contributed by atoms with E-state index in [2.05, 4.69) is 15.5 Å². The Morgan fingerprint density at radius 2 is 2.06 bits per heavy atom. The number of furan rings is 1. The van der Waals surface area contributed by atoms with Gasteiger partial charge in [-0.15, -0.1) is 11.3 Å². The second kappa shape index (κ2) is 10.8. The number of carbonyl (C=O) groups is 2. The SMILES string of the molecule is CCOC(=O)c1sc2nc(CN3CCCCC3)nc(NCC(=O)NCc3ccco3)c2c1C. The van der Waals surface area contributed by atoms with E-state index in [1.54, 1.807) is 25.3 Å². The number of nitrogens with one attached hydrogen (secondary N) is 2. The Kier molecular flexibility index (Phi) is 7.56. The lowest BCUT2D eigenvalue weighted by atomic mass is 10.1. The molecule has 0 bridgehead atoms. The van der Waals surface area contributed by atoms with Crippen LogP contribution in [-0.2, 0) is 22.6 Å². The third kappa shape index (κ3) is 5.69. The number of fused-ring (bicyclic) bond motifs is 1. The van der Waals surface area contributed by atoms with E-state index >= 15 is 0 Å². The van der Waals surface area contributed by atoms with Gasteiger partial charge in [0, 0.05) is 0 Å². The van der Waals surface area contributed by atoms with E-state index in [9.17, 15) is 9.59 Å². The number of rotatable bonds is 9. The molecule has 1 amide bonds. The number of hydrogen-bond donors (Lipinski definition) is 2. The summed E-state index contributed by atoms with van der Waals surface area (Å²) in [4.78, 5) is 37.9. The highest BCUT2D eigenvalue weighted by Crippen LogP contribution is 2.34. The normalized spacial score (nSPS) is 14.4. The van der Waals surface area contributed by atoms with E-state index < -0.39 is 0 Å². The minimum absolute atomic E-state index is 0.0417. The minimum atomic E-state index is -0.363. The summed E-state index contributed by atoms with van der Waals surface area (Å²) in [6, 6.07) is 3.59. The minimum Gasteiger partial charge on any atom is -0.467 e. The molecule has 10 heteroatoms. The third-order valence-electron chi connectivity index (χ3n) is 5.57. The number of hydrogen-bond acceptors (Lipinski definition) is 9. The number of ether oxygens (including phenoxy) is 1. The number of anilines is 1. The van der Waals surface area contributed by atoms with Crippen molar-refractivity contribution < 1.29 is 18.7 Å². The molecule has 0 aliphatic carbocycles. The molecule has 0 radical (unpaired) electrons. The second-order valence-corrected chi connectivity index (χ2v) is 8.99. The topological polar surface area (TPSA) is 110 Å². The van der Waals surface area contributed by atoms with Crippen LogP contribution in [0.2, 0.25) is 0 Å². The predicted octanol–water partition coefficient (Wildman–Crippen LogP) is 3.48. The summed E-state index contributed by atoms with van der Waals surface area (Å²) < 4.78 is 10.5. The van der Waals surface area contributed by atoms with Gasteiger partial charge >= 0.3 is 5.97 Å². The molecule has 3 aromatic rings. The van der Waals surface area contributed by atoms with Gasteiger partial charge in [0.05, 0.1) is 37.9 Å². The maximum atomic E-state index is 12.5. The molecule has 33 heavy (non-hydrogen) atoms. The van der Waals surface area contributed by atoms with E-state index in [0.717, 1.165) is 28.9 Å². The summed E-state index contributed by atoms with van der Waals surface area (Å²) in [5.41, 5.74) is 0.761. The van der Waals surface area contributed by atoms with Crippen LogP contribution in [0.5, 0.6) is 0 Å². The second-order valence-electron chi connectivity index (χ2n) is 7.99. The highest BCUT2D eigenvalue weighted by Gasteiger charge is 2.22. The molecular formula is C23H29N5O4S. The Bertz CT molecular complexity index is 1110. The molecule has 176 valence electrons. The van der Waals surface area contributed by atoms with Gasteiger partial charge in [-0.1, -0.05) is 6.42 Å². The van der Waals surface area contributed by atoms with Gasteiger partial charge in [0.1, 0.15) is 27.1 Å². The van der Waals surface area contributed by atoms with Crippen molar-refractivity contribution in [3.63, 3.8) is 0 Å². The Morgan fingerprint density at radius 1 is 1.24 bits per heavy atom. The predicted molar refractivity (Wildman–Crippen MR) is 126 cm³/mol. The standard InChI is InChI=1S/C23H29N5O4S/c1-3-31-23(30)20-15(2)19-21(25-13-18(29)24-12-16-8-7-11-32-16)26-17(27-22(19)33-20)14-28-9-5-4-6-10-28/h7-8,11H,3-6,9-10,12-14H2,1-2H3,(H,24,29)(H,25,26,27). The average Bonchev–Trinajstić information content (AvgIpc) is 3.45. The van der Waals surface area contributed by atoms with Crippen molar-refractivity contribution in [2.24, 2.45) is 0 Å². The molecule has 3 aromatic heterocycles. The smallest absolute Gasteiger partial charge is 0.348 e. The largest absolute Gasteiger partial charge is 0.467 e. The van der Waals surface area contributed by atoms with E-state index in [4.69, 9.17) is 19.1 Å². The zero-order valence-electron chi connectivity index (χ0n) is 19.0. The number of nitrogens with zero attached hydrogens (tertiary/aromatic N) is 3. The number of aromatic nitrogens is 2. The molecule has 1 aliphatic heterocycles. The molecule has 0 spiro atoms. The average molecular weight is 472 g/mol. The Morgan fingerprint density at radius 3 is 2.79 bits per heavy atom. The van der Waals surface area contributed by atoms with E-state index in [0.29, 0.717) is 42.0 Å². The fraction of sp³-hybridized carbons (Fsp3) is 0.478. The van der Waals surface area contributed by atoms with Crippen LogP contribution in [0, 0.1) is 6.92 Å². The number of aryl methyl sites for hydroxylation is 1. The zero-order chi connectivity index (χ0) is 23.2. The Balaban J connectivity index is 1.56. The number of esters is 1. The monoisotopic (exact) mass is 471 g/mol. The lowest BCUT2D eigenvalue weighted by molar-refractivity contribution is -0.119. The number of carbonyl (C=O) groups excluding carboxylic acids is 2. The van der Waals surface area contributed by atoms with Gasteiger partial charge < -0.3 is 19.8 Å². The Labute approximate surface area is 196 Å². The quantitative estimate of drug-likeness (QED) is 0.457. The van der Waals surface area contributed by atoms with Crippen molar-refractivity contribution in [2.75, 3.05) is 31.6 Å². The molecule has 4 rings (SSSR count). The summed E-state index contributed by atoms with van der Waals surface area (Å²) >= 11 is 1.31. The van der Waals surface area contributed by atoms with E-state index in [1.807, 2.05) is 6.92 Å². The van der Waals surface area contributed by atoms with Crippen molar-refractivity contribution >= 4 is 39.2 Å². The van der Waals surface area contributed by atoms with Gasteiger partial charge in [-0.05, 0) is 57.5 Å². The van der Waals surface area contributed by atoms with Crippen LogP contribution in [-0.4, -0.2) is 53.0 Å². The fourth-order valence-corrected chi connectivity index (χ4v) is 5.01. The number of piperidine rings is 1. The van der Waals surface area contributed by atoms with Crippen LogP contribution >= 0.6 is 11.3 Å². The van der Waals surface area contributed by atoms with Crippen molar-refractivity contribution in [2.45, 2.75) is 46.2 Å². The Hall–Kier alpha value is -2.98. The van der Waals surface area contributed by atoms with Crippen molar-refractivity contribution in [3.05, 3.63) is 40.4 Å². The summed E-state index contributed by atoms with van der Waals surface area (Å²) in [5.74, 6) is 1.38. The highest BCUT2D eigenvalue weighted by molar-refractivity contribution is 7.20. The fourth-order valence-electron chi connectivity index (χ4n) is 3.92. The molecule has 0 atom stereocenters. The van der Waals surface area contributed by atoms with Gasteiger partial charge in [-0.25, -0.2) is 14.8 Å². The summed E-state index contributed by atoms with van der Waals surface area (Å²) in [6.45, 7) is 7.00. The van der Waals surface area contributed by atoms with Gasteiger partial charge in [0.25, 0.3) is 0 Å². The molecule has 9 nitrogen and oxygen atoms in total. The molecule has 1 fully saturated rings. The third-order valence-corrected chi connectivity index (χ3v) is 6.73. The molecule has 0 unspecified atom stereocenters. The summed E-state index contributed by atoms with van der Waals surface area (Å²) in [6.07, 6.45) is 5.17. The zero-order valence-corrected chi connectivity index (χ0v) is 19.8. The molecule has 2 N–H and O–H groups in total. The van der Waals surface area contributed by atoms with Gasteiger partial charge in [0.15, 0.2) is 0 Å². The lowest BCUT2D eigenvalue weighted by Gasteiger charge is -2.25. The highest BCUT2D eigenvalue weighted by atomic mass is 32.1. The first-order valence-electron chi connectivity index (χ1n) is 11.3. The first-order valence-corrected chi connectivity index (χ1v) is 12.1. The number of amides is 1. The number of likely N-dealkylation sites (tertiary alicyclic amines) is 1. The first-order chi connectivity index (χ1) is 16.0. The van der Waals surface area contributed by atoms with Crippen LogP contribution in [0.3, 0.4) is 0 Å². The molecule has 0 aromatic carbocycles. The van der Waals surface area contributed by atoms with Crippen LogP contribution in [0.1, 0.15) is 53.0 Å². The molecule has 4 heterocycles. The first kappa shape index (κ1) is 23.2. The van der Waals surface area contributed by atoms with Crippen LogP contribution in [0.4, 0.5) is 5.82 Å². The molecular weight excluding hydrogens is 442 g/mol. The molecule has 1 aliphatic rings. The summed E-state index contributed by atoms with van der Waals surface area (Å²) in [7, 11) is 0. The van der Waals surface area contributed by atoms with E-state index in [1.165, 1.54) is 30.6 Å². The van der Waals surface area contributed by atoms with Crippen molar-refractivity contribution in [1.29, 1.82) is 0 Å². The van der Waals surface area contributed by atoms with Crippen LogP contribution < -0.4 is 10.6 Å². The van der Waals surface area contributed by atoms with Crippen molar-refractivity contribution in [3.8, 4) is 0 Å². The van der Waals surface area contributed by atoms with Crippen LogP contribution in [0.25, 0.3) is 10.2 Å². The summed E-state index contributed by atoms with van der Waals surface area (Å²) in [5, 5.41) is 6.74. The molecule has 1 saturated heterocycles. The molecule has 0 saturated carbocycles. The van der Waals surface area contributed by atoms with Gasteiger partial charge in [0.2, 0.25) is 5.91 Å². The maximum Gasteiger partial charge on any atom is 0.348 e.